The Morgan fingerprint density at radius 2 is 2.15 bits per heavy atom. The Labute approximate surface area is 196 Å². The number of benzene rings is 1. The molecule has 0 spiro atoms. The van der Waals surface area contributed by atoms with Gasteiger partial charge in [-0.3, -0.25) is 9.48 Å². The van der Waals surface area contributed by atoms with E-state index in [1.54, 1.807) is 36.8 Å². The normalized spacial score (nSPS) is 11.5. The molecule has 4 rings (SSSR count). The molecule has 1 aromatic carbocycles. The zero-order valence-electron chi connectivity index (χ0n) is 16.8. The lowest BCUT2D eigenvalue weighted by molar-refractivity contribution is -0.0494. The molecule has 0 aliphatic heterocycles. The second-order valence-electron chi connectivity index (χ2n) is 6.66. The van der Waals surface area contributed by atoms with Gasteiger partial charge in [0.25, 0.3) is 5.91 Å². The van der Waals surface area contributed by atoms with Crippen LogP contribution in [0, 0.1) is 0 Å². The fraction of sp³-hybridized carbons (Fsp3) is 0.143. The smallest absolute Gasteiger partial charge is 0.387 e. The standard InChI is InChI=1S/C21H16Cl2F2N6O2/c22-6-1-2-8-30-12-16(28-20(32)15-11-27-31-9-3-7-26-19(15)31)18(29-30)14-10-13(23)4-5-17(14)33-21(24)25/h1-5,7,9-12,21H,6,8H2,(H,28,32). The van der Waals surface area contributed by atoms with Crippen LogP contribution >= 0.6 is 23.2 Å². The molecule has 8 nitrogen and oxygen atoms in total. The van der Waals surface area contributed by atoms with Crippen molar-refractivity contribution >= 4 is 40.4 Å². The van der Waals surface area contributed by atoms with Crippen LogP contribution in [-0.4, -0.2) is 42.8 Å². The Kier molecular flexibility index (Phi) is 6.85. The number of nitrogens with zero attached hydrogens (tertiary/aromatic N) is 5. The molecule has 4 aromatic rings. The fourth-order valence-corrected chi connectivity index (χ4v) is 3.41. The third-order valence-electron chi connectivity index (χ3n) is 4.49. The van der Waals surface area contributed by atoms with Crippen molar-refractivity contribution in [3.63, 3.8) is 0 Å². The van der Waals surface area contributed by atoms with E-state index in [4.69, 9.17) is 23.2 Å². The monoisotopic (exact) mass is 492 g/mol. The van der Waals surface area contributed by atoms with Gasteiger partial charge in [-0.05, 0) is 24.3 Å². The highest BCUT2D eigenvalue weighted by atomic mass is 35.5. The van der Waals surface area contributed by atoms with E-state index in [1.807, 2.05) is 0 Å². The molecule has 0 fully saturated rings. The van der Waals surface area contributed by atoms with Gasteiger partial charge >= 0.3 is 6.61 Å². The van der Waals surface area contributed by atoms with Crippen molar-refractivity contribution in [2.45, 2.75) is 13.2 Å². The molecule has 0 bridgehead atoms. The van der Waals surface area contributed by atoms with Gasteiger partial charge in [-0.25, -0.2) is 9.50 Å². The summed E-state index contributed by atoms with van der Waals surface area (Å²) in [5, 5.41) is 11.6. The lowest BCUT2D eigenvalue weighted by Crippen LogP contribution is -2.12. The van der Waals surface area contributed by atoms with Crippen LogP contribution in [0.3, 0.4) is 0 Å². The number of amides is 1. The Balaban J connectivity index is 1.75. The predicted octanol–water partition coefficient (Wildman–Crippen LogP) is 4.89. The molecule has 3 heterocycles. The Bertz CT molecular complexity index is 1320. The van der Waals surface area contributed by atoms with Crippen molar-refractivity contribution < 1.29 is 18.3 Å². The highest BCUT2D eigenvalue weighted by Crippen LogP contribution is 2.37. The number of carbonyl (C=O) groups excluding carboxylic acids is 1. The summed E-state index contributed by atoms with van der Waals surface area (Å²) in [6.45, 7) is -2.72. The Morgan fingerprint density at radius 3 is 2.94 bits per heavy atom. The largest absolute Gasteiger partial charge is 0.434 e. The first-order valence-electron chi connectivity index (χ1n) is 9.59. The lowest BCUT2D eigenvalue weighted by Gasteiger charge is -2.11. The first-order valence-corrected chi connectivity index (χ1v) is 10.5. The number of ether oxygens (including phenoxy) is 1. The molecule has 1 amide bonds. The molecular formula is C21H16Cl2F2N6O2. The fourth-order valence-electron chi connectivity index (χ4n) is 3.11. The lowest BCUT2D eigenvalue weighted by atomic mass is 10.1. The highest BCUT2D eigenvalue weighted by Gasteiger charge is 2.21. The van der Waals surface area contributed by atoms with Gasteiger partial charge in [-0.15, -0.1) is 11.6 Å². The summed E-state index contributed by atoms with van der Waals surface area (Å²) in [5.74, 6) is -0.316. The first-order chi connectivity index (χ1) is 16.0. The first kappa shape index (κ1) is 22.7. The summed E-state index contributed by atoms with van der Waals surface area (Å²) < 4.78 is 33.6. The van der Waals surface area contributed by atoms with Crippen LogP contribution in [0.5, 0.6) is 5.75 Å². The van der Waals surface area contributed by atoms with E-state index in [0.717, 1.165) is 0 Å². The summed E-state index contributed by atoms with van der Waals surface area (Å²) in [7, 11) is 0. The molecule has 3 aromatic heterocycles. The number of allylic oxidation sites excluding steroid dienone is 2. The molecule has 12 heteroatoms. The van der Waals surface area contributed by atoms with Gasteiger partial charge in [0.2, 0.25) is 0 Å². The molecule has 0 saturated carbocycles. The quantitative estimate of drug-likeness (QED) is 0.279. The van der Waals surface area contributed by atoms with Crippen molar-refractivity contribution in [1.82, 2.24) is 24.4 Å². The average molecular weight is 493 g/mol. The Hall–Kier alpha value is -3.50. The van der Waals surface area contributed by atoms with Gasteiger partial charge in [-0.1, -0.05) is 23.8 Å². The molecule has 0 saturated heterocycles. The topological polar surface area (TPSA) is 86.3 Å². The van der Waals surface area contributed by atoms with E-state index >= 15 is 0 Å². The summed E-state index contributed by atoms with van der Waals surface area (Å²) in [6.07, 6.45) is 9.66. The van der Waals surface area contributed by atoms with Gasteiger partial charge in [0.1, 0.15) is 17.0 Å². The minimum atomic E-state index is -3.05. The van der Waals surface area contributed by atoms with Crippen LogP contribution in [0.2, 0.25) is 5.02 Å². The summed E-state index contributed by atoms with van der Waals surface area (Å²) >= 11 is 11.8. The molecule has 1 N–H and O–H groups in total. The average Bonchev–Trinajstić information content (AvgIpc) is 3.39. The molecule has 0 aliphatic rings. The Morgan fingerprint density at radius 1 is 1.30 bits per heavy atom. The van der Waals surface area contributed by atoms with E-state index < -0.39 is 12.5 Å². The third kappa shape index (κ3) is 5.12. The van der Waals surface area contributed by atoms with Gasteiger partial charge in [0.05, 0.1) is 18.4 Å². The number of carbonyl (C=O) groups is 1. The van der Waals surface area contributed by atoms with E-state index in [2.05, 4.69) is 25.2 Å². The van der Waals surface area contributed by atoms with Gasteiger partial charge in [0, 0.05) is 35.1 Å². The minimum Gasteiger partial charge on any atom is -0.434 e. The maximum Gasteiger partial charge on any atom is 0.387 e. The van der Waals surface area contributed by atoms with Crippen molar-refractivity contribution in [3.05, 3.63) is 71.8 Å². The van der Waals surface area contributed by atoms with Crippen LogP contribution < -0.4 is 10.1 Å². The molecule has 170 valence electrons. The molecule has 0 aliphatic carbocycles. The van der Waals surface area contributed by atoms with Crippen molar-refractivity contribution in [3.8, 4) is 17.0 Å². The van der Waals surface area contributed by atoms with E-state index in [-0.39, 0.29) is 33.3 Å². The van der Waals surface area contributed by atoms with Crippen LogP contribution in [0.1, 0.15) is 10.4 Å². The SMILES string of the molecule is O=C(Nc1cn(CC=CCCl)nc1-c1cc(Cl)ccc1OC(F)F)c1cnn2cccnc12. The number of anilines is 1. The van der Waals surface area contributed by atoms with Crippen molar-refractivity contribution in [1.29, 1.82) is 0 Å². The summed E-state index contributed by atoms with van der Waals surface area (Å²) in [5.41, 5.74) is 1.24. The number of alkyl halides is 3. The van der Waals surface area contributed by atoms with Crippen LogP contribution in [0.4, 0.5) is 14.5 Å². The second kappa shape index (κ2) is 9.97. The van der Waals surface area contributed by atoms with Crippen LogP contribution in [-0.2, 0) is 6.54 Å². The molecule has 0 unspecified atom stereocenters. The third-order valence-corrected chi connectivity index (χ3v) is 4.91. The number of aromatic nitrogens is 5. The van der Waals surface area contributed by atoms with Gasteiger partial charge in [0.15, 0.2) is 5.65 Å². The van der Waals surface area contributed by atoms with Crippen LogP contribution in [0.15, 0.2) is 61.2 Å². The number of nitrogens with one attached hydrogen (secondary N) is 1. The zero-order valence-corrected chi connectivity index (χ0v) is 18.3. The van der Waals surface area contributed by atoms with Crippen molar-refractivity contribution in [2.75, 3.05) is 11.2 Å². The molecule has 33 heavy (non-hydrogen) atoms. The number of fused-ring (bicyclic) bond motifs is 1. The van der Waals surface area contributed by atoms with Crippen molar-refractivity contribution in [2.24, 2.45) is 0 Å². The molecule has 0 radical (unpaired) electrons. The number of rotatable bonds is 8. The molecule has 0 atom stereocenters. The van der Waals surface area contributed by atoms with E-state index in [9.17, 15) is 13.6 Å². The van der Waals surface area contributed by atoms with Gasteiger partial charge in [-0.2, -0.15) is 19.0 Å². The summed E-state index contributed by atoms with van der Waals surface area (Å²) in [4.78, 5) is 17.2. The minimum absolute atomic E-state index is 0.135. The summed E-state index contributed by atoms with van der Waals surface area (Å²) in [6, 6.07) is 5.86. The number of hydrogen-bond donors (Lipinski definition) is 1. The zero-order chi connectivity index (χ0) is 23.4. The second-order valence-corrected chi connectivity index (χ2v) is 7.40. The van der Waals surface area contributed by atoms with Gasteiger partial charge < -0.3 is 10.1 Å². The van der Waals surface area contributed by atoms with Crippen LogP contribution in [0.25, 0.3) is 16.9 Å². The maximum absolute atomic E-state index is 13.0. The number of halogens is 4. The van der Waals surface area contributed by atoms with E-state index in [0.29, 0.717) is 18.1 Å². The van der Waals surface area contributed by atoms with E-state index in [1.165, 1.54) is 33.6 Å². The highest BCUT2D eigenvalue weighted by molar-refractivity contribution is 6.31. The predicted molar refractivity (Wildman–Crippen MR) is 120 cm³/mol. The maximum atomic E-state index is 13.0. The molecular weight excluding hydrogens is 477 g/mol. The number of hydrogen-bond acceptors (Lipinski definition) is 5.